The summed E-state index contributed by atoms with van der Waals surface area (Å²) in [7, 11) is 2.18. The van der Waals surface area contributed by atoms with E-state index in [1.54, 1.807) is 0 Å². The summed E-state index contributed by atoms with van der Waals surface area (Å²) in [6.07, 6.45) is 2.15. The van der Waals surface area contributed by atoms with Crippen molar-refractivity contribution >= 4 is 0 Å². The van der Waals surface area contributed by atoms with E-state index in [2.05, 4.69) is 35.7 Å². The molecule has 0 spiro atoms. The first-order valence-electron chi connectivity index (χ1n) is 6.72. The van der Waals surface area contributed by atoms with Crippen molar-refractivity contribution in [3.63, 3.8) is 0 Å². The summed E-state index contributed by atoms with van der Waals surface area (Å²) in [4.78, 5) is 7.11. The van der Waals surface area contributed by atoms with Crippen molar-refractivity contribution in [3.05, 3.63) is 17.2 Å². The van der Waals surface area contributed by atoms with Crippen molar-refractivity contribution < 1.29 is 0 Å². The third-order valence-corrected chi connectivity index (χ3v) is 3.63. The van der Waals surface area contributed by atoms with Gasteiger partial charge in [-0.05, 0) is 13.6 Å². The summed E-state index contributed by atoms with van der Waals surface area (Å²) < 4.78 is 2.45. The molecule has 2 heterocycles. The number of hydrogen-bond donors (Lipinski definition) is 1. The van der Waals surface area contributed by atoms with Crippen LogP contribution >= 0.6 is 0 Å². The molecule has 4 heteroatoms. The molecule has 17 heavy (non-hydrogen) atoms. The van der Waals surface area contributed by atoms with Crippen molar-refractivity contribution in [2.45, 2.75) is 39.8 Å². The summed E-state index contributed by atoms with van der Waals surface area (Å²) in [6, 6.07) is 0. The lowest BCUT2D eigenvalue weighted by molar-refractivity contribution is 0.330. The summed E-state index contributed by atoms with van der Waals surface area (Å²) in [5, 5.41) is 3.40. The van der Waals surface area contributed by atoms with E-state index in [4.69, 9.17) is 4.98 Å². The Bertz CT molecular complexity index is 370. The molecule has 0 amide bonds. The van der Waals surface area contributed by atoms with Crippen LogP contribution in [-0.2, 0) is 25.9 Å². The van der Waals surface area contributed by atoms with Crippen LogP contribution < -0.4 is 5.32 Å². The summed E-state index contributed by atoms with van der Waals surface area (Å²) >= 11 is 0. The molecule has 1 aliphatic rings. The lowest BCUT2D eigenvalue weighted by Gasteiger charge is -2.19. The lowest BCUT2D eigenvalue weighted by atomic mass is 10.2. The van der Waals surface area contributed by atoms with Gasteiger partial charge in [0, 0.05) is 44.7 Å². The maximum atomic E-state index is 4.75. The van der Waals surface area contributed by atoms with E-state index in [1.807, 2.05) is 0 Å². The Kier molecular flexibility index (Phi) is 4.18. The molecule has 4 nitrogen and oxygen atoms in total. The Balaban J connectivity index is 2.16. The van der Waals surface area contributed by atoms with Crippen LogP contribution in [-0.4, -0.2) is 41.1 Å². The number of aryl methyl sites for hydroxylation is 1. The Morgan fingerprint density at radius 2 is 2.24 bits per heavy atom. The minimum atomic E-state index is 0.943. The number of hydrogen-bond acceptors (Lipinski definition) is 3. The van der Waals surface area contributed by atoms with Crippen LogP contribution in [0.4, 0.5) is 0 Å². The first-order chi connectivity index (χ1) is 8.26. The van der Waals surface area contributed by atoms with Gasteiger partial charge in [-0.2, -0.15) is 0 Å². The molecule has 0 radical (unpaired) electrons. The maximum Gasteiger partial charge on any atom is 0.109 e. The number of likely N-dealkylation sites (N-methyl/N-ethyl adjacent to an activating group) is 1. The second-order valence-electron chi connectivity index (χ2n) is 4.75. The Morgan fingerprint density at radius 1 is 1.41 bits per heavy atom. The second kappa shape index (κ2) is 5.65. The molecular formula is C13H24N4. The lowest BCUT2D eigenvalue weighted by Crippen LogP contribution is -2.27. The zero-order chi connectivity index (χ0) is 12.3. The van der Waals surface area contributed by atoms with Crippen molar-refractivity contribution in [1.82, 2.24) is 19.8 Å². The molecule has 0 aromatic carbocycles. The number of imidazole rings is 1. The van der Waals surface area contributed by atoms with Gasteiger partial charge >= 0.3 is 0 Å². The highest BCUT2D eigenvalue weighted by molar-refractivity contribution is 5.20. The normalized spacial score (nSPS) is 15.3. The number of rotatable bonds is 5. The fraction of sp³-hybridized carbons (Fsp3) is 0.769. The van der Waals surface area contributed by atoms with E-state index >= 15 is 0 Å². The molecule has 1 aromatic heterocycles. The Hall–Kier alpha value is -0.870. The van der Waals surface area contributed by atoms with Crippen LogP contribution in [0.25, 0.3) is 0 Å². The molecule has 0 aliphatic carbocycles. The largest absolute Gasteiger partial charge is 0.330 e. The van der Waals surface area contributed by atoms with Gasteiger partial charge in [0.1, 0.15) is 5.82 Å². The minimum Gasteiger partial charge on any atom is -0.330 e. The zero-order valence-electron chi connectivity index (χ0n) is 11.3. The molecule has 0 saturated carbocycles. The van der Waals surface area contributed by atoms with Crippen LogP contribution in [0.5, 0.6) is 0 Å². The quantitative estimate of drug-likeness (QED) is 0.829. The topological polar surface area (TPSA) is 33.1 Å². The molecule has 2 rings (SSSR count). The highest BCUT2D eigenvalue weighted by atomic mass is 15.2. The highest BCUT2D eigenvalue weighted by Gasteiger charge is 2.18. The zero-order valence-corrected chi connectivity index (χ0v) is 11.3. The predicted octanol–water partition coefficient (Wildman–Crippen LogP) is 1.04. The van der Waals surface area contributed by atoms with Gasteiger partial charge in [0.2, 0.25) is 0 Å². The van der Waals surface area contributed by atoms with E-state index in [1.165, 1.54) is 17.2 Å². The average molecular weight is 236 g/mol. The summed E-state index contributed by atoms with van der Waals surface area (Å²) in [5.74, 6) is 1.25. The van der Waals surface area contributed by atoms with E-state index in [0.29, 0.717) is 0 Å². The van der Waals surface area contributed by atoms with Gasteiger partial charge in [-0.3, -0.25) is 0 Å². The van der Waals surface area contributed by atoms with Gasteiger partial charge in [-0.1, -0.05) is 13.8 Å². The van der Waals surface area contributed by atoms with Gasteiger partial charge in [0.25, 0.3) is 0 Å². The van der Waals surface area contributed by atoms with E-state index in [9.17, 15) is 0 Å². The van der Waals surface area contributed by atoms with Crippen LogP contribution in [0.3, 0.4) is 0 Å². The third kappa shape index (κ3) is 2.69. The van der Waals surface area contributed by atoms with E-state index in [0.717, 1.165) is 45.6 Å². The van der Waals surface area contributed by atoms with Crippen molar-refractivity contribution in [3.8, 4) is 0 Å². The van der Waals surface area contributed by atoms with E-state index in [-0.39, 0.29) is 0 Å². The maximum absolute atomic E-state index is 4.75. The molecule has 0 atom stereocenters. The monoisotopic (exact) mass is 236 g/mol. The minimum absolute atomic E-state index is 0.943. The van der Waals surface area contributed by atoms with Gasteiger partial charge in [-0.15, -0.1) is 0 Å². The number of fused-ring (bicyclic) bond motifs is 1. The first kappa shape index (κ1) is 12.6. The number of nitrogens with one attached hydrogen (secondary N) is 1. The predicted molar refractivity (Wildman–Crippen MR) is 70.2 cm³/mol. The molecule has 0 unspecified atom stereocenters. The first-order valence-corrected chi connectivity index (χ1v) is 6.72. The van der Waals surface area contributed by atoms with Gasteiger partial charge in [-0.25, -0.2) is 4.98 Å². The average Bonchev–Trinajstić information content (AvgIpc) is 2.73. The molecule has 1 N–H and O–H groups in total. The standard InChI is InChI=1S/C13H24N4/c1-4-13-15-11-10-14-7-6-12(11)17(13)9-8-16(3)5-2/h14H,4-10H2,1-3H3. The summed E-state index contributed by atoms with van der Waals surface area (Å²) in [5.41, 5.74) is 2.73. The molecule has 0 fully saturated rings. The second-order valence-corrected chi connectivity index (χ2v) is 4.75. The molecule has 0 bridgehead atoms. The van der Waals surface area contributed by atoms with Crippen LogP contribution in [0, 0.1) is 0 Å². The Labute approximate surface area is 104 Å². The van der Waals surface area contributed by atoms with Gasteiger partial charge in [0.15, 0.2) is 0 Å². The van der Waals surface area contributed by atoms with Gasteiger partial charge in [0.05, 0.1) is 5.69 Å². The molecular weight excluding hydrogens is 212 g/mol. The molecule has 1 aromatic rings. The fourth-order valence-electron chi connectivity index (χ4n) is 2.39. The number of aromatic nitrogens is 2. The number of nitrogens with zero attached hydrogens (tertiary/aromatic N) is 3. The molecule has 0 saturated heterocycles. The van der Waals surface area contributed by atoms with Crippen molar-refractivity contribution in [2.24, 2.45) is 0 Å². The van der Waals surface area contributed by atoms with Crippen molar-refractivity contribution in [2.75, 3.05) is 26.7 Å². The SMILES string of the molecule is CCc1nc2c(n1CCN(C)CC)CCNC2. The van der Waals surface area contributed by atoms with E-state index < -0.39 is 0 Å². The van der Waals surface area contributed by atoms with Crippen LogP contribution in [0.15, 0.2) is 0 Å². The summed E-state index contributed by atoms with van der Waals surface area (Å²) in [6.45, 7) is 9.73. The fourth-order valence-corrected chi connectivity index (χ4v) is 2.39. The smallest absolute Gasteiger partial charge is 0.109 e. The highest BCUT2D eigenvalue weighted by Crippen LogP contribution is 2.16. The molecule has 1 aliphatic heterocycles. The van der Waals surface area contributed by atoms with Crippen LogP contribution in [0.1, 0.15) is 31.1 Å². The third-order valence-electron chi connectivity index (χ3n) is 3.63. The van der Waals surface area contributed by atoms with Crippen molar-refractivity contribution in [1.29, 1.82) is 0 Å². The van der Waals surface area contributed by atoms with Gasteiger partial charge < -0.3 is 14.8 Å². The Morgan fingerprint density at radius 3 is 2.94 bits per heavy atom. The molecule has 96 valence electrons. The van der Waals surface area contributed by atoms with Crippen LogP contribution in [0.2, 0.25) is 0 Å².